The van der Waals surface area contributed by atoms with Gasteiger partial charge in [-0.05, 0) is 56.2 Å². The van der Waals surface area contributed by atoms with Crippen LogP contribution in [0.3, 0.4) is 0 Å². The third kappa shape index (κ3) is 3.15. The molecule has 0 saturated carbocycles. The van der Waals surface area contributed by atoms with Gasteiger partial charge in [0.15, 0.2) is 0 Å². The van der Waals surface area contributed by atoms with Crippen molar-refractivity contribution in [2.24, 2.45) is 0 Å². The predicted molar refractivity (Wildman–Crippen MR) is 99.2 cm³/mol. The first kappa shape index (κ1) is 17.9. The van der Waals surface area contributed by atoms with Gasteiger partial charge in [0, 0.05) is 6.20 Å². The third-order valence-corrected chi connectivity index (χ3v) is 6.03. The maximum absolute atomic E-state index is 14.7. The van der Waals surface area contributed by atoms with Crippen LogP contribution in [0.4, 0.5) is 4.39 Å². The molecule has 4 rings (SSSR count). The molecular weight excluding hydrogens is 354 g/mol. The Balaban J connectivity index is 1.51. The summed E-state index contributed by atoms with van der Waals surface area (Å²) in [5.74, 6) is 0.796. The summed E-state index contributed by atoms with van der Waals surface area (Å²) < 4.78 is 34.1. The highest BCUT2D eigenvalue weighted by molar-refractivity contribution is 7.07. The zero-order valence-corrected chi connectivity index (χ0v) is 16.2. The van der Waals surface area contributed by atoms with Gasteiger partial charge in [-0.15, -0.1) is 0 Å². The van der Waals surface area contributed by atoms with Crippen LogP contribution < -0.4 is 0 Å². The summed E-state index contributed by atoms with van der Waals surface area (Å²) in [6, 6.07) is 2.07. The Kier molecular flexibility index (Phi) is 4.34. The lowest BCUT2D eigenvalue weighted by Crippen LogP contribution is -2.41. The molecule has 2 aliphatic heterocycles. The maximum atomic E-state index is 14.7. The smallest absolute Gasteiger partial charge is 0.398 e. The zero-order chi connectivity index (χ0) is 18.5. The summed E-state index contributed by atoms with van der Waals surface area (Å²) in [4.78, 5) is 4.46. The Hall–Kier alpha value is -1.48. The molecule has 1 saturated heterocycles. The summed E-state index contributed by atoms with van der Waals surface area (Å²) in [6.45, 7) is 8.68. The van der Waals surface area contributed by atoms with E-state index >= 15 is 0 Å². The van der Waals surface area contributed by atoms with Crippen LogP contribution in [-0.4, -0.2) is 27.9 Å². The Morgan fingerprint density at radius 3 is 2.73 bits per heavy atom. The standard InChI is InChI=1S/C18H22BFN2O3S/c1-17(2)18(3,4)25-19(24-17)15(20)7-13-8-22-9-14(12-5-6-26-11-12)23-10-16(22)21-13/h5-8,11,14H,9-10H2,1-4H3. The fourth-order valence-electron chi connectivity index (χ4n) is 3.05. The van der Waals surface area contributed by atoms with E-state index < -0.39 is 24.0 Å². The van der Waals surface area contributed by atoms with Crippen LogP contribution in [-0.2, 0) is 27.2 Å². The first-order valence-corrected chi connectivity index (χ1v) is 9.62. The summed E-state index contributed by atoms with van der Waals surface area (Å²) in [6.07, 6.45) is 3.24. The van der Waals surface area contributed by atoms with Crippen LogP contribution >= 0.6 is 11.3 Å². The summed E-state index contributed by atoms with van der Waals surface area (Å²) in [5, 5.41) is 4.13. The third-order valence-electron chi connectivity index (χ3n) is 5.33. The van der Waals surface area contributed by atoms with E-state index in [1.54, 1.807) is 11.3 Å². The van der Waals surface area contributed by atoms with Gasteiger partial charge in [-0.25, -0.2) is 9.37 Å². The van der Waals surface area contributed by atoms with Crippen LogP contribution in [0, 0.1) is 0 Å². The Bertz CT molecular complexity index is 816. The molecule has 0 amide bonds. The van der Waals surface area contributed by atoms with E-state index in [2.05, 4.69) is 16.4 Å². The first-order chi connectivity index (χ1) is 12.2. The Morgan fingerprint density at radius 2 is 2.08 bits per heavy atom. The fourth-order valence-corrected chi connectivity index (χ4v) is 3.75. The van der Waals surface area contributed by atoms with E-state index in [0.717, 1.165) is 11.4 Å². The lowest BCUT2D eigenvalue weighted by molar-refractivity contribution is 0.000738. The number of imidazole rings is 1. The van der Waals surface area contributed by atoms with Crippen LogP contribution in [0.15, 0.2) is 28.7 Å². The number of nitrogens with zero attached hydrogens (tertiary/aromatic N) is 2. The second-order valence-electron chi connectivity index (χ2n) is 7.71. The molecule has 0 radical (unpaired) electrons. The molecule has 1 fully saturated rings. The minimum absolute atomic E-state index is 0.00715. The average molecular weight is 376 g/mol. The highest BCUT2D eigenvalue weighted by Crippen LogP contribution is 2.39. The monoisotopic (exact) mass is 376 g/mol. The van der Waals surface area contributed by atoms with Gasteiger partial charge in [0.2, 0.25) is 0 Å². The van der Waals surface area contributed by atoms with Crippen molar-refractivity contribution in [3.8, 4) is 0 Å². The van der Waals surface area contributed by atoms with Crippen molar-refractivity contribution in [2.75, 3.05) is 0 Å². The van der Waals surface area contributed by atoms with Gasteiger partial charge in [0.1, 0.15) is 24.3 Å². The number of hydrogen-bond donors (Lipinski definition) is 0. The normalized spacial score (nSPS) is 24.7. The first-order valence-electron chi connectivity index (χ1n) is 8.68. The van der Waals surface area contributed by atoms with Crippen LogP contribution in [0.2, 0.25) is 0 Å². The zero-order valence-electron chi connectivity index (χ0n) is 15.4. The molecule has 8 heteroatoms. The van der Waals surface area contributed by atoms with Gasteiger partial charge in [0.05, 0.1) is 23.4 Å². The lowest BCUT2D eigenvalue weighted by atomic mass is 9.87. The van der Waals surface area contributed by atoms with Crippen LogP contribution in [0.1, 0.15) is 50.9 Å². The van der Waals surface area contributed by atoms with E-state index in [1.807, 2.05) is 43.8 Å². The number of halogens is 1. The van der Waals surface area contributed by atoms with E-state index in [4.69, 9.17) is 14.0 Å². The summed E-state index contributed by atoms with van der Waals surface area (Å²) in [7, 11) is -1.01. The number of fused-ring (bicyclic) bond motifs is 1. The van der Waals surface area contributed by atoms with Crippen molar-refractivity contribution in [2.45, 2.75) is 58.2 Å². The Morgan fingerprint density at radius 1 is 1.35 bits per heavy atom. The van der Waals surface area contributed by atoms with Crippen molar-refractivity contribution >= 4 is 24.5 Å². The molecule has 138 valence electrons. The van der Waals surface area contributed by atoms with Crippen LogP contribution in [0.5, 0.6) is 0 Å². The van der Waals surface area contributed by atoms with Gasteiger partial charge in [-0.2, -0.15) is 11.3 Å². The van der Waals surface area contributed by atoms with E-state index in [0.29, 0.717) is 18.8 Å². The van der Waals surface area contributed by atoms with Crippen molar-refractivity contribution in [1.29, 1.82) is 0 Å². The molecule has 0 spiro atoms. The number of ether oxygens (including phenoxy) is 1. The quantitative estimate of drug-likeness (QED) is 0.755. The molecule has 0 aromatic carbocycles. The number of aromatic nitrogens is 2. The van der Waals surface area contributed by atoms with Gasteiger partial charge >= 0.3 is 7.12 Å². The lowest BCUT2D eigenvalue weighted by Gasteiger charge is -2.32. The predicted octanol–water partition coefficient (Wildman–Crippen LogP) is 4.16. The molecule has 0 aliphatic carbocycles. The van der Waals surface area contributed by atoms with E-state index in [1.165, 1.54) is 6.08 Å². The average Bonchev–Trinajstić information content (AvgIpc) is 3.25. The molecule has 26 heavy (non-hydrogen) atoms. The van der Waals surface area contributed by atoms with Crippen molar-refractivity contribution in [3.05, 3.63) is 45.8 Å². The molecule has 0 N–H and O–H groups in total. The molecule has 5 nitrogen and oxygen atoms in total. The van der Waals surface area contributed by atoms with Crippen molar-refractivity contribution in [1.82, 2.24) is 9.55 Å². The SMILES string of the molecule is CC1(C)OB(C(F)=Cc2cn3c(n2)COC(c2ccsc2)C3)OC1(C)C. The van der Waals surface area contributed by atoms with Gasteiger partial charge in [-0.1, -0.05) is 0 Å². The minimum Gasteiger partial charge on any atom is -0.398 e. The number of hydrogen-bond acceptors (Lipinski definition) is 5. The highest BCUT2D eigenvalue weighted by atomic mass is 32.1. The molecule has 1 unspecified atom stereocenters. The number of thiophene rings is 1. The minimum atomic E-state index is -1.01. The van der Waals surface area contributed by atoms with Crippen LogP contribution in [0.25, 0.3) is 6.08 Å². The number of rotatable bonds is 3. The largest absolute Gasteiger partial charge is 0.525 e. The molecule has 2 aromatic rings. The molecule has 1 atom stereocenters. The second-order valence-corrected chi connectivity index (χ2v) is 8.49. The van der Waals surface area contributed by atoms with Gasteiger partial charge < -0.3 is 18.6 Å². The van der Waals surface area contributed by atoms with E-state index in [-0.39, 0.29) is 6.10 Å². The topological polar surface area (TPSA) is 45.5 Å². The van der Waals surface area contributed by atoms with Gasteiger partial charge in [-0.3, -0.25) is 0 Å². The highest BCUT2D eigenvalue weighted by Gasteiger charge is 2.53. The van der Waals surface area contributed by atoms with E-state index in [9.17, 15) is 4.39 Å². The second kappa shape index (κ2) is 6.30. The summed E-state index contributed by atoms with van der Waals surface area (Å²) >= 11 is 1.65. The fraction of sp³-hybridized carbons (Fsp3) is 0.500. The maximum Gasteiger partial charge on any atom is 0.525 e. The molecule has 4 heterocycles. The molecule has 2 aromatic heterocycles. The molecule has 0 bridgehead atoms. The summed E-state index contributed by atoms with van der Waals surface area (Å²) in [5.41, 5.74) is 0.0847. The van der Waals surface area contributed by atoms with Gasteiger partial charge in [0.25, 0.3) is 0 Å². The molecule has 2 aliphatic rings. The van der Waals surface area contributed by atoms with Crippen molar-refractivity contribution < 1.29 is 18.4 Å². The van der Waals surface area contributed by atoms with Crippen molar-refractivity contribution in [3.63, 3.8) is 0 Å². The molecular formula is C18H22BFN2O3S. The Labute approximate surface area is 156 Å².